The van der Waals surface area contributed by atoms with E-state index in [-0.39, 0.29) is 23.9 Å². The summed E-state index contributed by atoms with van der Waals surface area (Å²) in [6.45, 7) is 4.98. The Bertz CT molecular complexity index is 963. The van der Waals surface area contributed by atoms with Gasteiger partial charge in [-0.2, -0.15) is 0 Å². The van der Waals surface area contributed by atoms with E-state index in [2.05, 4.69) is 29.2 Å². The number of carbonyl (C=O) groups is 2. The molecule has 2 aliphatic rings. The Labute approximate surface area is 206 Å². The molecular weight excluding hydrogens is 446 g/mol. The van der Waals surface area contributed by atoms with Gasteiger partial charge < -0.3 is 9.84 Å². The molecule has 1 saturated heterocycles. The van der Waals surface area contributed by atoms with E-state index >= 15 is 0 Å². The van der Waals surface area contributed by atoms with Crippen LogP contribution in [0.4, 0.5) is 0 Å². The molecule has 2 fully saturated rings. The van der Waals surface area contributed by atoms with Crippen molar-refractivity contribution in [3.8, 4) is 0 Å². The number of Topliss-reactive ketones (excluding diaryl/α,β-unsaturated/α-hetero) is 2. The molecule has 3 atom stereocenters. The molecule has 3 unspecified atom stereocenters. The van der Waals surface area contributed by atoms with E-state index in [1.165, 1.54) is 23.9 Å². The summed E-state index contributed by atoms with van der Waals surface area (Å²) in [7, 11) is 0. The number of ketones is 2. The number of thioether (sulfide) groups is 1. The first-order valence-electron chi connectivity index (χ1n) is 12.5. The van der Waals surface area contributed by atoms with Crippen LogP contribution in [0.15, 0.2) is 47.5 Å². The van der Waals surface area contributed by atoms with Gasteiger partial charge in [0.05, 0.1) is 6.10 Å². The third kappa shape index (κ3) is 6.77. The van der Waals surface area contributed by atoms with Crippen LogP contribution in [0.2, 0.25) is 0 Å². The Hall–Kier alpha value is -2.02. The lowest BCUT2D eigenvalue weighted by atomic mass is 9.80. The van der Waals surface area contributed by atoms with Crippen LogP contribution in [0.1, 0.15) is 86.0 Å². The Kier molecular flexibility index (Phi) is 8.56. The minimum Gasteiger partial charge on any atom is -0.389 e. The number of carbonyl (C=O) groups excluding carboxylic acids is 2. The highest BCUT2D eigenvalue weighted by Crippen LogP contribution is 2.40. The van der Waals surface area contributed by atoms with Crippen molar-refractivity contribution in [2.24, 2.45) is 11.8 Å². The van der Waals surface area contributed by atoms with Crippen LogP contribution in [0.25, 0.3) is 0 Å². The van der Waals surface area contributed by atoms with Crippen molar-refractivity contribution in [1.29, 1.82) is 0 Å². The van der Waals surface area contributed by atoms with Crippen LogP contribution in [0, 0.1) is 11.8 Å². The van der Waals surface area contributed by atoms with Gasteiger partial charge in [-0.25, -0.2) is 0 Å². The third-order valence-electron chi connectivity index (χ3n) is 6.88. The van der Waals surface area contributed by atoms with Gasteiger partial charge in [0.15, 0.2) is 5.78 Å². The molecule has 182 valence electrons. The molecule has 1 aromatic carbocycles. The quantitative estimate of drug-likeness (QED) is 0.411. The number of pyridine rings is 1. The zero-order valence-electron chi connectivity index (χ0n) is 20.1. The minimum atomic E-state index is -0.629. The monoisotopic (exact) mass is 481 g/mol. The normalized spacial score (nSPS) is 19.4. The van der Waals surface area contributed by atoms with Gasteiger partial charge in [-0.1, -0.05) is 25.1 Å². The molecule has 6 heteroatoms. The van der Waals surface area contributed by atoms with Gasteiger partial charge in [0.1, 0.15) is 11.5 Å². The first-order chi connectivity index (χ1) is 16.4. The predicted molar refractivity (Wildman–Crippen MR) is 134 cm³/mol. The maximum Gasteiger partial charge on any atom is 0.184 e. The largest absolute Gasteiger partial charge is 0.389 e. The van der Waals surface area contributed by atoms with Gasteiger partial charge in [0, 0.05) is 47.8 Å². The minimum absolute atomic E-state index is 0.121. The summed E-state index contributed by atoms with van der Waals surface area (Å²) < 4.78 is 5.52. The Balaban J connectivity index is 1.45. The fraction of sp³-hybridized carbons (Fsp3) is 0.536. The summed E-state index contributed by atoms with van der Waals surface area (Å²) in [6.07, 6.45) is 6.45. The third-order valence-corrected chi connectivity index (χ3v) is 8.23. The summed E-state index contributed by atoms with van der Waals surface area (Å²) in [4.78, 5) is 32.0. The van der Waals surface area contributed by atoms with Crippen molar-refractivity contribution in [3.63, 3.8) is 0 Å². The zero-order valence-corrected chi connectivity index (χ0v) is 20.9. The van der Waals surface area contributed by atoms with Crippen LogP contribution in [-0.4, -0.2) is 40.1 Å². The van der Waals surface area contributed by atoms with E-state index in [1.807, 2.05) is 18.7 Å². The van der Waals surface area contributed by atoms with Crippen molar-refractivity contribution in [2.45, 2.75) is 74.5 Å². The van der Waals surface area contributed by atoms with Gasteiger partial charge in [-0.3, -0.25) is 14.6 Å². The molecule has 1 aromatic heterocycles. The second kappa shape index (κ2) is 11.6. The Morgan fingerprint density at radius 1 is 1.03 bits per heavy atom. The van der Waals surface area contributed by atoms with E-state index in [0.29, 0.717) is 17.2 Å². The zero-order chi connectivity index (χ0) is 24.1. The number of rotatable bonds is 11. The summed E-state index contributed by atoms with van der Waals surface area (Å²) in [6, 6.07) is 11.9. The van der Waals surface area contributed by atoms with E-state index in [4.69, 9.17) is 4.74 Å². The van der Waals surface area contributed by atoms with E-state index < -0.39 is 12.0 Å². The lowest BCUT2D eigenvalue weighted by Crippen LogP contribution is -2.25. The maximum atomic E-state index is 13.5. The molecule has 0 spiro atoms. The molecule has 4 rings (SSSR count). The van der Waals surface area contributed by atoms with E-state index in [9.17, 15) is 14.7 Å². The second-order valence-electron chi connectivity index (χ2n) is 9.82. The standard InChI is InChI=1S/C28H35NO4S/c1-18(28(32)26-10-5-22(17-29-26)19(2)30)15-27(31)25(16-20-11-13-33-14-12-20)21-3-6-23(7-4-21)34-24-8-9-24/h3-7,10,17-20,24-25,30H,8-9,11-16H2,1-2H3. The van der Waals surface area contributed by atoms with Crippen LogP contribution in [0.5, 0.6) is 0 Å². The average Bonchev–Trinajstić information content (AvgIpc) is 3.67. The summed E-state index contributed by atoms with van der Waals surface area (Å²) in [5, 5.41) is 10.4. The van der Waals surface area contributed by atoms with Gasteiger partial charge in [-0.05, 0) is 74.3 Å². The molecule has 1 aliphatic heterocycles. The highest BCUT2D eigenvalue weighted by Gasteiger charge is 2.29. The fourth-order valence-electron chi connectivity index (χ4n) is 4.51. The molecule has 5 nitrogen and oxygen atoms in total. The Morgan fingerprint density at radius 2 is 1.71 bits per heavy atom. The van der Waals surface area contributed by atoms with Crippen LogP contribution in [0.3, 0.4) is 0 Å². The summed E-state index contributed by atoms with van der Waals surface area (Å²) in [5.74, 6) is -0.200. The van der Waals surface area contributed by atoms with Crippen LogP contribution < -0.4 is 0 Å². The molecule has 0 bridgehead atoms. The number of aliphatic hydroxyl groups excluding tert-OH is 1. The highest BCUT2D eigenvalue weighted by molar-refractivity contribution is 8.00. The number of ether oxygens (including phenoxy) is 1. The van der Waals surface area contributed by atoms with Crippen molar-refractivity contribution in [2.75, 3.05) is 13.2 Å². The molecule has 2 aromatic rings. The average molecular weight is 482 g/mol. The van der Waals surface area contributed by atoms with E-state index in [0.717, 1.165) is 43.3 Å². The topological polar surface area (TPSA) is 76.5 Å². The van der Waals surface area contributed by atoms with Gasteiger partial charge >= 0.3 is 0 Å². The molecular formula is C28H35NO4S. The second-order valence-corrected chi connectivity index (χ2v) is 11.2. The van der Waals surface area contributed by atoms with E-state index in [1.54, 1.807) is 19.1 Å². The predicted octanol–water partition coefficient (Wildman–Crippen LogP) is 5.77. The molecule has 0 radical (unpaired) electrons. The molecule has 1 saturated carbocycles. The molecule has 1 N–H and O–H groups in total. The number of aromatic nitrogens is 1. The SMILES string of the molecule is CC(CC(=O)C(CC1CCOCC1)c1ccc(SC2CC2)cc1)C(=O)c1ccc(C(C)O)cn1. The molecule has 1 aliphatic carbocycles. The molecule has 2 heterocycles. The van der Waals surface area contributed by atoms with Gasteiger partial charge in [0.2, 0.25) is 0 Å². The van der Waals surface area contributed by atoms with Crippen molar-refractivity contribution in [1.82, 2.24) is 4.98 Å². The number of hydrogen-bond donors (Lipinski definition) is 1. The maximum absolute atomic E-state index is 13.5. The number of hydrogen-bond acceptors (Lipinski definition) is 6. The fourth-order valence-corrected chi connectivity index (χ4v) is 5.56. The number of nitrogens with zero attached hydrogens (tertiary/aromatic N) is 1. The number of aliphatic hydroxyl groups is 1. The van der Waals surface area contributed by atoms with Gasteiger partial charge in [-0.15, -0.1) is 11.8 Å². The molecule has 34 heavy (non-hydrogen) atoms. The van der Waals surface area contributed by atoms with Gasteiger partial charge in [0.25, 0.3) is 0 Å². The Morgan fingerprint density at radius 3 is 2.29 bits per heavy atom. The molecule has 0 amide bonds. The first kappa shape index (κ1) is 25.1. The summed E-state index contributed by atoms with van der Waals surface area (Å²) >= 11 is 1.92. The lowest BCUT2D eigenvalue weighted by Gasteiger charge is -2.27. The highest BCUT2D eigenvalue weighted by atomic mass is 32.2. The number of benzene rings is 1. The van der Waals surface area contributed by atoms with Crippen LogP contribution >= 0.6 is 11.8 Å². The van der Waals surface area contributed by atoms with Crippen molar-refractivity contribution >= 4 is 23.3 Å². The van der Waals surface area contributed by atoms with Crippen molar-refractivity contribution in [3.05, 3.63) is 59.4 Å². The summed E-state index contributed by atoms with van der Waals surface area (Å²) in [5.41, 5.74) is 2.06. The first-order valence-corrected chi connectivity index (χ1v) is 13.3. The lowest BCUT2D eigenvalue weighted by molar-refractivity contribution is -0.121. The smallest absolute Gasteiger partial charge is 0.184 e. The van der Waals surface area contributed by atoms with Crippen molar-refractivity contribution < 1.29 is 19.4 Å². The van der Waals surface area contributed by atoms with Crippen LogP contribution in [-0.2, 0) is 9.53 Å².